The first-order valence-electron chi connectivity index (χ1n) is 10.9. The van der Waals surface area contributed by atoms with E-state index < -0.39 is 23.6 Å². The van der Waals surface area contributed by atoms with Crippen LogP contribution in [-0.4, -0.2) is 85.7 Å². The maximum atomic E-state index is 14.2. The smallest absolute Gasteiger partial charge is 0.407 e. The maximum Gasteiger partial charge on any atom is 0.407 e. The third kappa shape index (κ3) is 6.53. The van der Waals surface area contributed by atoms with Gasteiger partial charge in [0.05, 0.1) is 24.5 Å². The molecule has 2 aromatic carbocycles. The van der Waals surface area contributed by atoms with Crippen molar-refractivity contribution in [1.82, 2.24) is 9.80 Å². The summed E-state index contributed by atoms with van der Waals surface area (Å²) in [6.07, 6.45) is -0.635. The third-order valence-electron chi connectivity index (χ3n) is 5.66. The number of carbonyl (C=O) groups excluding carboxylic acids is 2. The van der Waals surface area contributed by atoms with Crippen molar-refractivity contribution in [2.24, 2.45) is 0 Å². The van der Waals surface area contributed by atoms with Gasteiger partial charge in [0.15, 0.2) is 5.78 Å². The molecule has 1 aliphatic heterocycles. The molecule has 0 aromatic heterocycles. The van der Waals surface area contributed by atoms with Crippen LogP contribution in [0.1, 0.15) is 22.3 Å². The summed E-state index contributed by atoms with van der Waals surface area (Å²) in [7, 11) is 1.44. The second-order valence-electron chi connectivity index (χ2n) is 7.93. The van der Waals surface area contributed by atoms with Crippen LogP contribution in [0.5, 0.6) is 0 Å². The average Bonchev–Trinajstić information content (AvgIpc) is 2.83. The van der Waals surface area contributed by atoms with Crippen molar-refractivity contribution in [3.8, 4) is 0 Å². The van der Waals surface area contributed by atoms with E-state index in [9.17, 15) is 23.9 Å². The lowest BCUT2D eigenvalue weighted by Gasteiger charge is -2.28. The van der Waals surface area contributed by atoms with Crippen molar-refractivity contribution in [2.75, 3.05) is 57.9 Å². The first-order valence-corrected chi connectivity index (χ1v) is 11.3. The number of carbonyl (C=O) groups is 3. The second-order valence-corrected chi connectivity index (χ2v) is 8.37. The lowest BCUT2D eigenvalue weighted by Crippen LogP contribution is -2.43. The van der Waals surface area contributed by atoms with Gasteiger partial charge in [0.1, 0.15) is 12.4 Å². The number of likely N-dealkylation sites (N-methyl/N-ethyl adjacent to an activating group) is 1. The number of amides is 2. The van der Waals surface area contributed by atoms with E-state index in [4.69, 9.17) is 16.3 Å². The standard InChI is InChI=1S/C24H27ClFN3O5/c1-27(22(30)16-29(24(32)33)10-4-9-28-11-13-34-14-12-28)21-8-7-17(25)15-19(21)23(31)18-5-2-3-6-20(18)26/h2-3,5-8,15H,4,9-14,16H2,1H3,(H,32,33). The minimum absolute atomic E-state index is 0.0441. The first-order chi connectivity index (χ1) is 16.3. The predicted molar refractivity (Wildman–Crippen MR) is 126 cm³/mol. The normalized spacial score (nSPS) is 14.0. The Balaban J connectivity index is 1.71. The van der Waals surface area contributed by atoms with Crippen molar-refractivity contribution >= 4 is 35.1 Å². The van der Waals surface area contributed by atoms with Crippen LogP contribution < -0.4 is 4.90 Å². The first kappa shape index (κ1) is 25.6. The van der Waals surface area contributed by atoms with Crippen LogP contribution in [0.2, 0.25) is 5.02 Å². The average molecular weight is 492 g/mol. The zero-order valence-electron chi connectivity index (χ0n) is 18.9. The minimum atomic E-state index is -1.21. The summed E-state index contributed by atoms with van der Waals surface area (Å²) in [5.74, 6) is -1.85. The van der Waals surface area contributed by atoms with Crippen LogP contribution in [-0.2, 0) is 9.53 Å². The van der Waals surface area contributed by atoms with Gasteiger partial charge in [-0.2, -0.15) is 0 Å². The number of anilines is 1. The molecule has 2 amide bonds. The van der Waals surface area contributed by atoms with E-state index in [1.807, 2.05) is 0 Å². The lowest BCUT2D eigenvalue weighted by molar-refractivity contribution is -0.119. The Labute approximate surface area is 202 Å². The Bertz CT molecular complexity index is 1050. The number of ether oxygens (including phenoxy) is 1. The molecule has 1 aliphatic rings. The number of nitrogens with zero attached hydrogens (tertiary/aromatic N) is 3. The molecule has 0 radical (unpaired) electrons. The van der Waals surface area contributed by atoms with Gasteiger partial charge in [-0.3, -0.25) is 19.4 Å². The van der Waals surface area contributed by atoms with Crippen molar-refractivity contribution in [3.63, 3.8) is 0 Å². The molecule has 0 bridgehead atoms. The van der Waals surface area contributed by atoms with Crippen LogP contribution in [0, 0.1) is 5.82 Å². The molecule has 0 saturated carbocycles. The number of rotatable bonds is 9. The fourth-order valence-electron chi connectivity index (χ4n) is 3.73. The van der Waals surface area contributed by atoms with E-state index in [1.165, 1.54) is 54.4 Å². The van der Waals surface area contributed by atoms with E-state index in [0.29, 0.717) is 26.2 Å². The van der Waals surface area contributed by atoms with Crippen LogP contribution >= 0.6 is 11.6 Å². The highest BCUT2D eigenvalue weighted by Crippen LogP contribution is 2.27. The molecule has 1 N–H and O–H groups in total. The molecular formula is C24H27ClFN3O5. The largest absolute Gasteiger partial charge is 0.465 e. The van der Waals surface area contributed by atoms with Gasteiger partial charge in [0.2, 0.25) is 5.91 Å². The van der Waals surface area contributed by atoms with E-state index in [2.05, 4.69) is 4.90 Å². The van der Waals surface area contributed by atoms with Crippen molar-refractivity contribution < 1.29 is 28.6 Å². The van der Waals surface area contributed by atoms with Crippen molar-refractivity contribution in [2.45, 2.75) is 6.42 Å². The van der Waals surface area contributed by atoms with Crippen molar-refractivity contribution in [1.29, 1.82) is 0 Å². The van der Waals surface area contributed by atoms with Gasteiger partial charge in [-0.05, 0) is 36.8 Å². The summed E-state index contributed by atoms with van der Waals surface area (Å²) in [6, 6.07) is 9.90. The summed E-state index contributed by atoms with van der Waals surface area (Å²) in [5, 5.41) is 9.83. The molecule has 1 fully saturated rings. The molecular weight excluding hydrogens is 465 g/mol. The van der Waals surface area contributed by atoms with Gasteiger partial charge in [-0.1, -0.05) is 23.7 Å². The summed E-state index contributed by atoms with van der Waals surface area (Å²) in [5.41, 5.74) is 0.103. The summed E-state index contributed by atoms with van der Waals surface area (Å²) < 4.78 is 19.5. The fourth-order valence-corrected chi connectivity index (χ4v) is 3.90. The molecule has 3 rings (SSSR count). The van der Waals surface area contributed by atoms with E-state index in [1.54, 1.807) is 0 Å². The molecule has 8 nitrogen and oxygen atoms in total. The molecule has 1 heterocycles. The SMILES string of the molecule is CN(C(=O)CN(CCCN1CCOCC1)C(=O)O)c1ccc(Cl)cc1C(=O)c1ccccc1F. The molecule has 0 spiro atoms. The topological polar surface area (TPSA) is 90.4 Å². The fraction of sp³-hybridized carbons (Fsp3) is 0.375. The number of morpholine rings is 1. The molecule has 182 valence electrons. The Kier molecular flexibility index (Phi) is 8.98. The number of hydrogen-bond acceptors (Lipinski definition) is 5. The van der Waals surface area contributed by atoms with Gasteiger partial charge >= 0.3 is 6.09 Å². The zero-order chi connectivity index (χ0) is 24.7. The predicted octanol–water partition coefficient (Wildman–Crippen LogP) is 3.38. The molecule has 2 aromatic rings. The number of benzene rings is 2. The molecule has 0 unspecified atom stereocenters. The van der Waals surface area contributed by atoms with Crippen molar-refractivity contribution in [3.05, 3.63) is 64.4 Å². The van der Waals surface area contributed by atoms with Crippen LogP contribution in [0.25, 0.3) is 0 Å². The highest BCUT2D eigenvalue weighted by atomic mass is 35.5. The van der Waals surface area contributed by atoms with Gasteiger partial charge in [-0.25, -0.2) is 9.18 Å². The van der Waals surface area contributed by atoms with Crippen LogP contribution in [0.15, 0.2) is 42.5 Å². The number of hydrogen-bond donors (Lipinski definition) is 1. The monoisotopic (exact) mass is 491 g/mol. The van der Waals surface area contributed by atoms with Gasteiger partial charge in [0, 0.05) is 43.8 Å². The van der Waals surface area contributed by atoms with E-state index in [-0.39, 0.29) is 34.9 Å². The lowest BCUT2D eigenvalue weighted by atomic mass is 10.0. The Morgan fingerprint density at radius 3 is 2.50 bits per heavy atom. The van der Waals surface area contributed by atoms with Gasteiger partial charge in [0.25, 0.3) is 0 Å². The maximum absolute atomic E-state index is 14.2. The molecule has 0 aliphatic carbocycles. The van der Waals surface area contributed by atoms with Gasteiger partial charge in [-0.15, -0.1) is 0 Å². The highest BCUT2D eigenvalue weighted by Gasteiger charge is 2.25. The molecule has 1 saturated heterocycles. The summed E-state index contributed by atoms with van der Waals surface area (Å²) in [4.78, 5) is 42.2. The molecule has 10 heteroatoms. The number of halogens is 2. The Morgan fingerprint density at radius 2 is 1.82 bits per heavy atom. The van der Waals surface area contributed by atoms with Crippen LogP contribution in [0.3, 0.4) is 0 Å². The van der Waals surface area contributed by atoms with Gasteiger partial charge < -0.3 is 14.7 Å². The number of ketones is 1. The minimum Gasteiger partial charge on any atom is -0.465 e. The Morgan fingerprint density at radius 1 is 1.12 bits per heavy atom. The van der Waals surface area contributed by atoms with Crippen LogP contribution in [0.4, 0.5) is 14.9 Å². The van der Waals surface area contributed by atoms with E-state index in [0.717, 1.165) is 18.0 Å². The molecule has 34 heavy (non-hydrogen) atoms. The second kappa shape index (κ2) is 11.9. The Hall–Kier alpha value is -3.01. The quantitative estimate of drug-likeness (QED) is 0.541. The summed E-state index contributed by atoms with van der Waals surface area (Å²) in [6.45, 7) is 3.41. The van der Waals surface area contributed by atoms with E-state index >= 15 is 0 Å². The zero-order valence-corrected chi connectivity index (χ0v) is 19.6. The summed E-state index contributed by atoms with van der Waals surface area (Å²) >= 11 is 6.07. The molecule has 0 atom stereocenters. The number of carboxylic acid groups (broad SMARTS) is 1. The third-order valence-corrected chi connectivity index (χ3v) is 5.89. The highest BCUT2D eigenvalue weighted by molar-refractivity contribution is 6.31.